The van der Waals surface area contributed by atoms with Gasteiger partial charge in [0.05, 0.1) is 22.6 Å². The number of halogens is 2. The normalized spacial score (nSPS) is 19.1. The standard InChI is InChI=1S/C19H22Cl2N4O/c1-13(14-4-5-16(20)17(21)9-14)24-19(26)12-25-8-7-23-11-18(25)15-3-2-6-22-10-15/h2-6,9-10,13,18,23H,7-8,11-12H2,1H3,(H,24,26). The number of carbonyl (C=O) groups excluding carboxylic acids is 1. The molecule has 0 saturated carbocycles. The Kier molecular flexibility index (Phi) is 6.48. The summed E-state index contributed by atoms with van der Waals surface area (Å²) in [6, 6.07) is 9.39. The second kappa shape index (κ2) is 8.82. The number of aromatic nitrogens is 1. The van der Waals surface area contributed by atoms with Crippen molar-refractivity contribution in [1.82, 2.24) is 20.5 Å². The van der Waals surface area contributed by atoms with E-state index in [-0.39, 0.29) is 18.0 Å². The Labute approximate surface area is 163 Å². The first kappa shape index (κ1) is 19.1. The average Bonchev–Trinajstić information content (AvgIpc) is 2.65. The van der Waals surface area contributed by atoms with Crippen LogP contribution in [0.25, 0.3) is 0 Å². The smallest absolute Gasteiger partial charge is 0.234 e. The Hall–Kier alpha value is -1.66. The lowest BCUT2D eigenvalue weighted by molar-refractivity contribution is -0.123. The maximum Gasteiger partial charge on any atom is 0.234 e. The van der Waals surface area contributed by atoms with Crippen LogP contribution >= 0.6 is 23.2 Å². The van der Waals surface area contributed by atoms with E-state index in [0.29, 0.717) is 16.6 Å². The van der Waals surface area contributed by atoms with Crippen LogP contribution < -0.4 is 10.6 Å². The molecule has 5 nitrogen and oxygen atoms in total. The number of benzene rings is 1. The van der Waals surface area contributed by atoms with Crippen molar-refractivity contribution < 1.29 is 4.79 Å². The van der Waals surface area contributed by atoms with Gasteiger partial charge in [-0.05, 0) is 36.2 Å². The molecule has 0 bridgehead atoms. The van der Waals surface area contributed by atoms with E-state index >= 15 is 0 Å². The van der Waals surface area contributed by atoms with E-state index in [2.05, 4.69) is 20.5 Å². The third kappa shape index (κ3) is 4.74. The van der Waals surface area contributed by atoms with Gasteiger partial charge in [0.2, 0.25) is 5.91 Å². The minimum atomic E-state index is -0.142. The SMILES string of the molecule is CC(NC(=O)CN1CCNCC1c1cccnc1)c1ccc(Cl)c(Cl)c1. The Morgan fingerprint density at radius 1 is 1.38 bits per heavy atom. The van der Waals surface area contributed by atoms with Crippen molar-refractivity contribution in [3.05, 3.63) is 63.9 Å². The number of amides is 1. The molecule has 1 amide bonds. The molecule has 1 saturated heterocycles. The van der Waals surface area contributed by atoms with Gasteiger partial charge in [-0.25, -0.2) is 0 Å². The highest BCUT2D eigenvalue weighted by molar-refractivity contribution is 6.42. The molecular weight excluding hydrogens is 371 g/mol. The monoisotopic (exact) mass is 392 g/mol. The quantitative estimate of drug-likeness (QED) is 0.819. The molecule has 0 spiro atoms. The zero-order chi connectivity index (χ0) is 18.5. The van der Waals surface area contributed by atoms with E-state index < -0.39 is 0 Å². The zero-order valence-corrected chi connectivity index (χ0v) is 16.1. The lowest BCUT2D eigenvalue weighted by Crippen LogP contribution is -2.49. The maximum atomic E-state index is 12.6. The lowest BCUT2D eigenvalue weighted by Gasteiger charge is -2.36. The molecule has 2 aromatic rings. The fraction of sp³-hybridized carbons (Fsp3) is 0.368. The van der Waals surface area contributed by atoms with E-state index in [1.807, 2.05) is 31.3 Å². The third-order valence-electron chi connectivity index (χ3n) is 4.59. The molecule has 2 atom stereocenters. The number of pyridine rings is 1. The first-order valence-corrected chi connectivity index (χ1v) is 9.39. The molecule has 138 valence electrons. The largest absolute Gasteiger partial charge is 0.348 e. The summed E-state index contributed by atoms with van der Waals surface area (Å²) in [7, 11) is 0. The molecule has 1 aliphatic rings. The van der Waals surface area contributed by atoms with Crippen molar-refractivity contribution in [2.24, 2.45) is 0 Å². The van der Waals surface area contributed by atoms with Crippen molar-refractivity contribution in [2.45, 2.75) is 19.0 Å². The summed E-state index contributed by atoms with van der Waals surface area (Å²) in [5, 5.41) is 7.43. The number of rotatable bonds is 5. The second-order valence-corrected chi connectivity index (χ2v) is 7.25. The molecule has 1 aliphatic heterocycles. The van der Waals surface area contributed by atoms with E-state index in [0.717, 1.165) is 30.8 Å². The fourth-order valence-corrected chi connectivity index (χ4v) is 3.48. The lowest BCUT2D eigenvalue weighted by atomic mass is 10.1. The highest BCUT2D eigenvalue weighted by Gasteiger charge is 2.26. The predicted octanol–water partition coefficient (Wildman–Crippen LogP) is 3.21. The van der Waals surface area contributed by atoms with Crippen LogP contribution in [0.1, 0.15) is 30.1 Å². The van der Waals surface area contributed by atoms with E-state index in [9.17, 15) is 4.79 Å². The van der Waals surface area contributed by atoms with Gasteiger partial charge in [-0.15, -0.1) is 0 Å². The highest BCUT2D eigenvalue weighted by Crippen LogP contribution is 2.26. The Morgan fingerprint density at radius 2 is 2.23 bits per heavy atom. The number of nitrogens with zero attached hydrogens (tertiary/aromatic N) is 2. The molecule has 0 radical (unpaired) electrons. The van der Waals surface area contributed by atoms with E-state index in [1.54, 1.807) is 18.3 Å². The van der Waals surface area contributed by atoms with Gasteiger partial charge < -0.3 is 10.6 Å². The van der Waals surface area contributed by atoms with Crippen molar-refractivity contribution in [2.75, 3.05) is 26.2 Å². The van der Waals surface area contributed by atoms with Crippen LogP contribution in [0.2, 0.25) is 10.0 Å². The molecule has 2 unspecified atom stereocenters. The van der Waals surface area contributed by atoms with Crippen LogP contribution in [0.4, 0.5) is 0 Å². The van der Waals surface area contributed by atoms with E-state index in [1.165, 1.54) is 0 Å². The predicted molar refractivity (Wildman–Crippen MR) is 104 cm³/mol. The van der Waals surface area contributed by atoms with Crippen LogP contribution in [-0.4, -0.2) is 42.0 Å². The maximum absolute atomic E-state index is 12.6. The number of hydrogen-bond donors (Lipinski definition) is 2. The minimum Gasteiger partial charge on any atom is -0.348 e. The molecule has 1 aromatic carbocycles. The first-order chi connectivity index (χ1) is 12.5. The van der Waals surface area contributed by atoms with Gasteiger partial charge in [-0.2, -0.15) is 0 Å². The van der Waals surface area contributed by atoms with Crippen LogP contribution in [0.3, 0.4) is 0 Å². The van der Waals surface area contributed by atoms with Crippen molar-refractivity contribution in [1.29, 1.82) is 0 Å². The Bertz CT molecular complexity index is 756. The Morgan fingerprint density at radius 3 is 2.96 bits per heavy atom. The second-order valence-electron chi connectivity index (χ2n) is 6.44. The van der Waals surface area contributed by atoms with Gasteiger partial charge in [0.25, 0.3) is 0 Å². The van der Waals surface area contributed by atoms with E-state index in [4.69, 9.17) is 23.2 Å². The van der Waals surface area contributed by atoms with Gasteiger partial charge in [-0.1, -0.05) is 35.3 Å². The first-order valence-electron chi connectivity index (χ1n) is 8.63. The number of carbonyl (C=O) groups is 1. The molecular formula is C19H22Cl2N4O. The molecule has 3 rings (SSSR count). The van der Waals surface area contributed by atoms with Gasteiger partial charge in [0, 0.05) is 38.1 Å². The minimum absolute atomic E-state index is 0.0145. The fourth-order valence-electron chi connectivity index (χ4n) is 3.17. The van der Waals surface area contributed by atoms with Gasteiger partial charge in [0.15, 0.2) is 0 Å². The molecule has 2 heterocycles. The summed E-state index contributed by atoms with van der Waals surface area (Å²) >= 11 is 12.0. The third-order valence-corrected chi connectivity index (χ3v) is 5.33. The highest BCUT2D eigenvalue weighted by atomic mass is 35.5. The van der Waals surface area contributed by atoms with Crippen LogP contribution in [-0.2, 0) is 4.79 Å². The molecule has 0 aliphatic carbocycles. The van der Waals surface area contributed by atoms with Crippen LogP contribution in [0.5, 0.6) is 0 Å². The summed E-state index contributed by atoms with van der Waals surface area (Å²) in [6.45, 7) is 4.77. The topological polar surface area (TPSA) is 57.3 Å². The van der Waals surface area contributed by atoms with Crippen molar-refractivity contribution in [3.63, 3.8) is 0 Å². The van der Waals surface area contributed by atoms with Crippen LogP contribution in [0, 0.1) is 0 Å². The molecule has 1 fully saturated rings. The van der Waals surface area contributed by atoms with Gasteiger partial charge in [-0.3, -0.25) is 14.7 Å². The average molecular weight is 393 g/mol. The zero-order valence-electron chi connectivity index (χ0n) is 14.6. The van der Waals surface area contributed by atoms with Crippen molar-refractivity contribution in [3.8, 4) is 0 Å². The number of piperazine rings is 1. The summed E-state index contributed by atoms with van der Waals surface area (Å²) in [4.78, 5) is 19.0. The summed E-state index contributed by atoms with van der Waals surface area (Å²) in [6.07, 6.45) is 3.62. The summed E-state index contributed by atoms with van der Waals surface area (Å²) in [5.74, 6) is -0.0145. The number of hydrogen-bond acceptors (Lipinski definition) is 4. The Balaban J connectivity index is 1.63. The summed E-state index contributed by atoms with van der Waals surface area (Å²) in [5.41, 5.74) is 2.04. The molecule has 26 heavy (non-hydrogen) atoms. The molecule has 7 heteroatoms. The number of nitrogens with one attached hydrogen (secondary N) is 2. The summed E-state index contributed by atoms with van der Waals surface area (Å²) < 4.78 is 0. The molecule has 2 N–H and O–H groups in total. The van der Waals surface area contributed by atoms with Crippen LogP contribution in [0.15, 0.2) is 42.7 Å². The van der Waals surface area contributed by atoms with Crippen molar-refractivity contribution >= 4 is 29.1 Å². The molecule has 1 aromatic heterocycles. The van der Waals surface area contributed by atoms with Gasteiger partial charge >= 0.3 is 0 Å². The van der Waals surface area contributed by atoms with Gasteiger partial charge in [0.1, 0.15) is 0 Å².